The van der Waals surface area contributed by atoms with E-state index in [1.807, 2.05) is 11.8 Å². The molecule has 7 heteroatoms. The molecule has 1 fully saturated rings. The van der Waals surface area contributed by atoms with Crippen molar-refractivity contribution in [1.82, 2.24) is 15.5 Å². The summed E-state index contributed by atoms with van der Waals surface area (Å²) in [5.41, 5.74) is 0. The number of amides is 2. The molecule has 0 aromatic rings. The van der Waals surface area contributed by atoms with Gasteiger partial charge in [-0.15, -0.1) is 0 Å². The fraction of sp³-hybridized carbons (Fsp3) is 0.833. The van der Waals surface area contributed by atoms with E-state index in [1.54, 1.807) is 13.8 Å². The zero-order chi connectivity index (χ0) is 14.3. The van der Waals surface area contributed by atoms with Gasteiger partial charge in [0.25, 0.3) is 0 Å². The fourth-order valence-electron chi connectivity index (χ4n) is 1.86. The predicted octanol–water partition coefficient (Wildman–Crippen LogP) is 0.444. The van der Waals surface area contributed by atoms with Crippen LogP contribution < -0.4 is 10.6 Å². The Balaban J connectivity index is 2.21. The van der Waals surface area contributed by atoms with Crippen LogP contribution in [0.15, 0.2) is 0 Å². The maximum Gasteiger partial charge on any atom is 0.326 e. The predicted molar refractivity (Wildman–Crippen MR) is 76.6 cm³/mol. The molecule has 1 aliphatic rings. The summed E-state index contributed by atoms with van der Waals surface area (Å²) in [6.07, 6.45) is 0. The van der Waals surface area contributed by atoms with E-state index in [1.165, 1.54) is 0 Å². The highest BCUT2D eigenvalue weighted by molar-refractivity contribution is 7.99. The van der Waals surface area contributed by atoms with E-state index in [2.05, 4.69) is 15.5 Å². The first-order chi connectivity index (χ1) is 9.00. The van der Waals surface area contributed by atoms with Gasteiger partial charge in [-0.2, -0.15) is 11.8 Å². The summed E-state index contributed by atoms with van der Waals surface area (Å²) in [7, 11) is 0. The largest absolute Gasteiger partial charge is 0.480 e. The fourth-order valence-corrected chi connectivity index (χ4v) is 2.84. The minimum atomic E-state index is -1.00. The molecule has 0 aliphatic carbocycles. The number of aliphatic carboxylic acids is 1. The Morgan fingerprint density at radius 3 is 2.47 bits per heavy atom. The van der Waals surface area contributed by atoms with Crippen molar-refractivity contribution >= 4 is 23.8 Å². The Morgan fingerprint density at radius 2 is 1.95 bits per heavy atom. The number of urea groups is 1. The molecular formula is C12H23N3O3S. The van der Waals surface area contributed by atoms with Crippen LogP contribution in [0, 0.1) is 5.92 Å². The lowest BCUT2D eigenvalue weighted by molar-refractivity contribution is -0.140. The van der Waals surface area contributed by atoms with Gasteiger partial charge in [0.1, 0.15) is 6.04 Å². The van der Waals surface area contributed by atoms with Gasteiger partial charge < -0.3 is 15.7 Å². The second-order valence-corrected chi connectivity index (χ2v) is 6.14. The van der Waals surface area contributed by atoms with E-state index >= 15 is 0 Å². The Kier molecular flexibility index (Phi) is 7.01. The topological polar surface area (TPSA) is 81.7 Å². The molecule has 6 nitrogen and oxygen atoms in total. The first-order valence-electron chi connectivity index (χ1n) is 6.58. The number of nitrogens with one attached hydrogen (secondary N) is 2. The molecule has 0 aromatic carbocycles. The van der Waals surface area contributed by atoms with Crippen molar-refractivity contribution in [1.29, 1.82) is 0 Å². The molecular weight excluding hydrogens is 266 g/mol. The van der Waals surface area contributed by atoms with Gasteiger partial charge in [0.2, 0.25) is 0 Å². The van der Waals surface area contributed by atoms with Crippen LogP contribution in [-0.4, -0.2) is 65.7 Å². The Hall–Kier alpha value is -0.950. The average molecular weight is 289 g/mol. The van der Waals surface area contributed by atoms with Gasteiger partial charge in [0.05, 0.1) is 0 Å². The summed E-state index contributed by atoms with van der Waals surface area (Å²) >= 11 is 1.95. The number of thioether (sulfide) groups is 1. The Bertz CT molecular complexity index is 307. The lowest BCUT2D eigenvalue weighted by atomic mass is 10.1. The van der Waals surface area contributed by atoms with Crippen molar-refractivity contribution in [2.24, 2.45) is 5.92 Å². The minimum absolute atomic E-state index is 0.137. The molecule has 0 saturated carbocycles. The van der Waals surface area contributed by atoms with Crippen LogP contribution in [-0.2, 0) is 4.79 Å². The number of hydrogen-bond acceptors (Lipinski definition) is 4. The number of carboxylic acids is 1. The number of carboxylic acid groups (broad SMARTS) is 1. The van der Waals surface area contributed by atoms with Crippen LogP contribution in [0.25, 0.3) is 0 Å². The molecule has 1 saturated heterocycles. The van der Waals surface area contributed by atoms with Crippen LogP contribution in [0.5, 0.6) is 0 Å². The molecule has 0 spiro atoms. The highest BCUT2D eigenvalue weighted by Gasteiger charge is 2.23. The van der Waals surface area contributed by atoms with Crippen molar-refractivity contribution < 1.29 is 14.7 Å². The normalized spacial score (nSPS) is 18.1. The van der Waals surface area contributed by atoms with E-state index in [4.69, 9.17) is 5.11 Å². The van der Waals surface area contributed by atoms with Crippen LogP contribution in [0.2, 0.25) is 0 Å². The molecule has 0 bridgehead atoms. The minimum Gasteiger partial charge on any atom is -0.480 e. The van der Waals surface area contributed by atoms with Crippen LogP contribution in [0.4, 0.5) is 4.79 Å². The molecule has 0 radical (unpaired) electrons. The maximum atomic E-state index is 11.6. The Morgan fingerprint density at radius 1 is 1.32 bits per heavy atom. The first kappa shape index (κ1) is 16.1. The molecule has 0 unspecified atom stereocenters. The summed E-state index contributed by atoms with van der Waals surface area (Å²) in [6.45, 7) is 7.00. The number of rotatable bonds is 6. The van der Waals surface area contributed by atoms with Gasteiger partial charge >= 0.3 is 12.0 Å². The molecule has 2 amide bonds. The molecule has 1 heterocycles. The maximum absolute atomic E-state index is 11.6. The van der Waals surface area contributed by atoms with Gasteiger partial charge in [-0.1, -0.05) is 13.8 Å². The molecule has 19 heavy (non-hydrogen) atoms. The molecule has 3 N–H and O–H groups in total. The van der Waals surface area contributed by atoms with Gasteiger partial charge in [0, 0.05) is 37.7 Å². The third-order valence-electron chi connectivity index (χ3n) is 3.04. The standard InChI is InChI=1S/C12H23N3O3S/c1-9(2)10(11(16)17)14-12(18)13-3-4-15-5-7-19-8-6-15/h9-10H,3-8H2,1-2H3,(H,16,17)(H2,13,14,18)/t10-/m0/s1. The van der Waals surface area contributed by atoms with E-state index < -0.39 is 18.0 Å². The quantitative estimate of drug-likeness (QED) is 0.661. The summed E-state index contributed by atoms with van der Waals surface area (Å²) in [5.74, 6) is 1.14. The summed E-state index contributed by atoms with van der Waals surface area (Å²) < 4.78 is 0. The SMILES string of the molecule is CC(C)[C@H](NC(=O)NCCN1CCSCC1)C(=O)O. The van der Waals surface area contributed by atoms with Gasteiger partial charge in [-0.25, -0.2) is 9.59 Å². The second-order valence-electron chi connectivity index (χ2n) is 4.91. The number of carbonyl (C=O) groups excluding carboxylic acids is 1. The number of hydrogen-bond donors (Lipinski definition) is 3. The second kappa shape index (κ2) is 8.27. The third-order valence-corrected chi connectivity index (χ3v) is 3.98. The molecule has 1 rings (SSSR count). The van der Waals surface area contributed by atoms with Crippen LogP contribution in [0.1, 0.15) is 13.8 Å². The Labute approximate surface area is 118 Å². The van der Waals surface area contributed by atoms with E-state index in [0.717, 1.165) is 31.1 Å². The van der Waals surface area contributed by atoms with Gasteiger partial charge in [0.15, 0.2) is 0 Å². The highest BCUT2D eigenvalue weighted by atomic mass is 32.2. The van der Waals surface area contributed by atoms with Gasteiger partial charge in [-0.3, -0.25) is 4.90 Å². The lowest BCUT2D eigenvalue weighted by Crippen LogP contribution is -2.50. The molecule has 1 aliphatic heterocycles. The first-order valence-corrected chi connectivity index (χ1v) is 7.73. The summed E-state index contributed by atoms with van der Waals surface area (Å²) in [6, 6.07) is -1.25. The molecule has 0 aromatic heterocycles. The zero-order valence-corrected chi connectivity index (χ0v) is 12.3. The summed E-state index contributed by atoms with van der Waals surface area (Å²) in [5, 5.41) is 14.2. The average Bonchev–Trinajstić information content (AvgIpc) is 2.36. The number of carbonyl (C=O) groups is 2. The highest BCUT2D eigenvalue weighted by Crippen LogP contribution is 2.07. The van der Waals surface area contributed by atoms with Crippen molar-refractivity contribution in [3.63, 3.8) is 0 Å². The smallest absolute Gasteiger partial charge is 0.326 e. The van der Waals surface area contributed by atoms with E-state index in [9.17, 15) is 9.59 Å². The van der Waals surface area contributed by atoms with Crippen molar-refractivity contribution in [2.75, 3.05) is 37.7 Å². The van der Waals surface area contributed by atoms with E-state index in [-0.39, 0.29) is 5.92 Å². The number of nitrogens with zero attached hydrogens (tertiary/aromatic N) is 1. The lowest BCUT2D eigenvalue weighted by Gasteiger charge is -2.26. The van der Waals surface area contributed by atoms with E-state index in [0.29, 0.717) is 6.54 Å². The third kappa shape index (κ3) is 6.15. The monoisotopic (exact) mass is 289 g/mol. The molecule has 1 atom stereocenters. The van der Waals surface area contributed by atoms with Crippen LogP contribution >= 0.6 is 11.8 Å². The van der Waals surface area contributed by atoms with Gasteiger partial charge in [-0.05, 0) is 5.92 Å². The van der Waals surface area contributed by atoms with Crippen LogP contribution in [0.3, 0.4) is 0 Å². The molecule has 110 valence electrons. The summed E-state index contributed by atoms with van der Waals surface area (Å²) in [4.78, 5) is 24.8. The van der Waals surface area contributed by atoms with Crippen molar-refractivity contribution in [3.8, 4) is 0 Å². The van der Waals surface area contributed by atoms with Crippen molar-refractivity contribution in [2.45, 2.75) is 19.9 Å². The van der Waals surface area contributed by atoms with Crippen molar-refractivity contribution in [3.05, 3.63) is 0 Å². The zero-order valence-electron chi connectivity index (χ0n) is 11.5.